The number of Topliss-reactive ketones (excluding diaryl/α,β-unsaturated/α-hetero) is 1. The van der Waals surface area contributed by atoms with E-state index in [9.17, 15) is 4.79 Å². The molecule has 2 rings (SSSR count). The number of rotatable bonds is 3. The zero-order valence-electron chi connectivity index (χ0n) is 9.64. The van der Waals surface area contributed by atoms with Crippen molar-refractivity contribution in [1.29, 1.82) is 0 Å². The molecule has 0 saturated carbocycles. The average Bonchev–Trinajstić information content (AvgIpc) is 2.68. The second-order valence-corrected chi connectivity index (χ2v) is 4.35. The zero-order valence-corrected chi connectivity index (χ0v) is 10.4. The van der Waals surface area contributed by atoms with Crippen molar-refractivity contribution >= 4 is 17.4 Å². The summed E-state index contributed by atoms with van der Waals surface area (Å²) in [6.45, 7) is 1.90. The van der Waals surface area contributed by atoms with Crippen LogP contribution in [0, 0.1) is 6.92 Å². The fourth-order valence-electron chi connectivity index (χ4n) is 1.51. The van der Waals surface area contributed by atoms with Crippen LogP contribution in [0.1, 0.15) is 21.6 Å². The van der Waals surface area contributed by atoms with E-state index in [2.05, 4.69) is 10.3 Å². The van der Waals surface area contributed by atoms with Crippen molar-refractivity contribution in [3.63, 3.8) is 0 Å². The number of hydrogen-bond donors (Lipinski definition) is 0. The number of aromatic nitrogens is 3. The van der Waals surface area contributed by atoms with Gasteiger partial charge in [0.25, 0.3) is 0 Å². The number of carbonyl (C=O) groups excluding carboxylic acids is 1. The fraction of sp³-hybridized carbons (Fsp3) is 0.250. The molecule has 1 aromatic carbocycles. The van der Waals surface area contributed by atoms with Crippen LogP contribution in [0.5, 0.6) is 0 Å². The van der Waals surface area contributed by atoms with Crippen LogP contribution in [0.4, 0.5) is 0 Å². The minimum atomic E-state index is -0.00704. The topological polar surface area (TPSA) is 47.8 Å². The van der Waals surface area contributed by atoms with Crippen molar-refractivity contribution < 1.29 is 4.79 Å². The van der Waals surface area contributed by atoms with E-state index in [-0.39, 0.29) is 12.2 Å². The molecule has 1 heterocycles. The number of ketones is 1. The second-order valence-electron chi connectivity index (χ2n) is 3.95. The third-order valence-electron chi connectivity index (χ3n) is 2.49. The number of nitrogens with zero attached hydrogens (tertiary/aromatic N) is 3. The van der Waals surface area contributed by atoms with Crippen molar-refractivity contribution in [2.45, 2.75) is 13.3 Å². The highest BCUT2D eigenvalue weighted by atomic mass is 35.5. The highest BCUT2D eigenvalue weighted by molar-refractivity contribution is 6.31. The summed E-state index contributed by atoms with van der Waals surface area (Å²) in [6, 6.07) is 5.31. The molecule has 1 aromatic heterocycles. The first-order valence-electron chi connectivity index (χ1n) is 5.21. The maximum atomic E-state index is 12.0. The molecule has 17 heavy (non-hydrogen) atoms. The molecule has 0 aliphatic carbocycles. The monoisotopic (exact) mass is 249 g/mol. The molecular formula is C12H12ClN3O. The normalized spacial score (nSPS) is 10.5. The van der Waals surface area contributed by atoms with Gasteiger partial charge in [-0.15, -0.1) is 5.10 Å². The Morgan fingerprint density at radius 1 is 1.47 bits per heavy atom. The van der Waals surface area contributed by atoms with Crippen LogP contribution < -0.4 is 0 Å². The predicted molar refractivity (Wildman–Crippen MR) is 65.2 cm³/mol. The van der Waals surface area contributed by atoms with Crippen LogP contribution in [0.15, 0.2) is 24.4 Å². The largest absolute Gasteiger partial charge is 0.294 e. The first-order chi connectivity index (χ1) is 8.06. The molecule has 88 valence electrons. The summed E-state index contributed by atoms with van der Waals surface area (Å²) in [4.78, 5) is 12.0. The summed E-state index contributed by atoms with van der Waals surface area (Å²) in [5, 5.41) is 8.27. The number of carbonyl (C=O) groups is 1. The highest BCUT2D eigenvalue weighted by Crippen LogP contribution is 2.17. The van der Waals surface area contributed by atoms with E-state index in [4.69, 9.17) is 11.6 Å². The standard InChI is InChI=1S/C12H12ClN3O/c1-8-3-4-9(5-11(8)13)12(17)6-10-7-16(2)15-14-10/h3-5,7H,6H2,1-2H3. The Labute approximate surface area is 104 Å². The van der Waals surface area contributed by atoms with Crippen LogP contribution >= 0.6 is 11.6 Å². The highest BCUT2D eigenvalue weighted by Gasteiger charge is 2.10. The van der Waals surface area contributed by atoms with Gasteiger partial charge in [-0.1, -0.05) is 28.9 Å². The minimum Gasteiger partial charge on any atom is -0.294 e. The molecule has 0 atom stereocenters. The molecule has 4 nitrogen and oxygen atoms in total. The lowest BCUT2D eigenvalue weighted by atomic mass is 10.1. The van der Waals surface area contributed by atoms with Crippen LogP contribution in [0.25, 0.3) is 0 Å². The molecule has 0 saturated heterocycles. The van der Waals surface area contributed by atoms with Gasteiger partial charge >= 0.3 is 0 Å². The van der Waals surface area contributed by atoms with Crippen molar-refractivity contribution in [2.75, 3.05) is 0 Å². The Kier molecular flexibility index (Phi) is 3.24. The van der Waals surface area contributed by atoms with Crippen molar-refractivity contribution in [1.82, 2.24) is 15.0 Å². The van der Waals surface area contributed by atoms with Crippen LogP contribution in [0.3, 0.4) is 0 Å². The molecule has 0 aliphatic heterocycles. The number of halogens is 1. The first kappa shape index (κ1) is 11.8. The Balaban J connectivity index is 2.17. The van der Waals surface area contributed by atoms with Crippen molar-refractivity contribution in [3.8, 4) is 0 Å². The molecular weight excluding hydrogens is 238 g/mol. The van der Waals surface area contributed by atoms with E-state index < -0.39 is 0 Å². The van der Waals surface area contributed by atoms with Gasteiger partial charge in [-0.2, -0.15) is 0 Å². The van der Waals surface area contributed by atoms with Gasteiger partial charge < -0.3 is 0 Å². The van der Waals surface area contributed by atoms with Gasteiger partial charge in [-0.3, -0.25) is 9.48 Å². The number of aryl methyl sites for hydroxylation is 2. The first-order valence-corrected chi connectivity index (χ1v) is 5.58. The lowest BCUT2D eigenvalue weighted by Crippen LogP contribution is -2.04. The lowest BCUT2D eigenvalue weighted by molar-refractivity contribution is 0.0992. The van der Waals surface area contributed by atoms with E-state index >= 15 is 0 Å². The van der Waals surface area contributed by atoms with E-state index in [0.717, 1.165) is 5.56 Å². The quantitative estimate of drug-likeness (QED) is 0.784. The maximum Gasteiger partial charge on any atom is 0.168 e. The lowest BCUT2D eigenvalue weighted by Gasteiger charge is -2.01. The number of hydrogen-bond acceptors (Lipinski definition) is 3. The minimum absolute atomic E-state index is 0.00704. The zero-order chi connectivity index (χ0) is 12.4. The summed E-state index contributed by atoms with van der Waals surface area (Å²) >= 11 is 5.98. The van der Waals surface area contributed by atoms with E-state index in [1.807, 2.05) is 13.0 Å². The van der Waals surface area contributed by atoms with Gasteiger partial charge in [0.05, 0.1) is 12.1 Å². The third-order valence-corrected chi connectivity index (χ3v) is 2.89. The summed E-state index contributed by atoms with van der Waals surface area (Å²) in [5.41, 5.74) is 2.23. The summed E-state index contributed by atoms with van der Waals surface area (Å²) < 4.78 is 1.57. The van der Waals surface area contributed by atoms with Gasteiger partial charge in [-0.05, 0) is 18.6 Å². The molecule has 0 spiro atoms. The Hall–Kier alpha value is -1.68. The maximum absolute atomic E-state index is 12.0. The van der Waals surface area contributed by atoms with E-state index in [0.29, 0.717) is 16.3 Å². The van der Waals surface area contributed by atoms with Crippen LogP contribution in [0.2, 0.25) is 5.02 Å². The van der Waals surface area contributed by atoms with Gasteiger partial charge in [0.15, 0.2) is 5.78 Å². The SMILES string of the molecule is Cc1ccc(C(=O)Cc2cn(C)nn2)cc1Cl. The Morgan fingerprint density at radius 3 is 2.82 bits per heavy atom. The molecule has 0 amide bonds. The fourth-order valence-corrected chi connectivity index (χ4v) is 1.69. The van der Waals surface area contributed by atoms with Crippen LogP contribution in [-0.2, 0) is 13.5 Å². The molecule has 0 N–H and O–H groups in total. The van der Waals surface area contributed by atoms with Gasteiger partial charge in [0.1, 0.15) is 0 Å². The average molecular weight is 250 g/mol. The van der Waals surface area contributed by atoms with E-state index in [1.54, 1.807) is 30.1 Å². The molecule has 2 aromatic rings. The summed E-state index contributed by atoms with van der Waals surface area (Å²) in [6.07, 6.45) is 1.97. The van der Waals surface area contributed by atoms with Crippen molar-refractivity contribution in [3.05, 3.63) is 46.2 Å². The third kappa shape index (κ3) is 2.71. The van der Waals surface area contributed by atoms with Crippen LogP contribution in [-0.4, -0.2) is 20.8 Å². The summed E-state index contributed by atoms with van der Waals surface area (Å²) in [7, 11) is 1.77. The summed E-state index contributed by atoms with van der Waals surface area (Å²) in [5.74, 6) is -0.00704. The molecule has 5 heteroatoms. The molecule has 0 unspecified atom stereocenters. The Morgan fingerprint density at radius 2 is 2.24 bits per heavy atom. The predicted octanol–water partition coefficient (Wildman–Crippen LogP) is 2.20. The molecule has 0 bridgehead atoms. The molecule has 0 fully saturated rings. The Bertz CT molecular complexity index is 563. The van der Waals surface area contributed by atoms with Gasteiger partial charge in [-0.25, -0.2) is 0 Å². The van der Waals surface area contributed by atoms with Crippen molar-refractivity contribution in [2.24, 2.45) is 7.05 Å². The molecule has 0 radical (unpaired) electrons. The van der Waals surface area contributed by atoms with Gasteiger partial charge in [0.2, 0.25) is 0 Å². The van der Waals surface area contributed by atoms with Gasteiger partial charge in [0, 0.05) is 23.8 Å². The second kappa shape index (κ2) is 4.67. The number of benzene rings is 1. The van der Waals surface area contributed by atoms with E-state index in [1.165, 1.54) is 0 Å². The molecule has 0 aliphatic rings. The smallest absolute Gasteiger partial charge is 0.168 e.